The number of carbonyl (C=O) groups excluding carboxylic acids is 1. The Balaban J connectivity index is 1.58. The van der Waals surface area contributed by atoms with Gasteiger partial charge in [0.25, 0.3) is 0 Å². The number of nitrogens with zero attached hydrogens (tertiary/aromatic N) is 4. The Hall–Kier alpha value is -3.43. The van der Waals surface area contributed by atoms with Gasteiger partial charge in [-0.1, -0.05) is 23.7 Å². The van der Waals surface area contributed by atoms with Gasteiger partial charge in [-0.15, -0.1) is 6.42 Å². The summed E-state index contributed by atoms with van der Waals surface area (Å²) >= 11 is 1.24. The summed E-state index contributed by atoms with van der Waals surface area (Å²) in [6.07, 6.45) is 8.35. The first-order chi connectivity index (χ1) is 14.8. The largest absolute Gasteiger partial charge is 0.463 e. The molecule has 156 valence electrons. The quantitative estimate of drug-likeness (QED) is 0.548. The summed E-state index contributed by atoms with van der Waals surface area (Å²) in [6.45, 7) is 1.84. The summed E-state index contributed by atoms with van der Waals surface area (Å²) < 4.78 is 19.3. The predicted molar refractivity (Wildman–Crippen MR) is 114 cm³/mol. The second-order valence-electron chi connectivity index (χ2n) is 7.60. The van der Waals surface area contributed by atoms with E-state index in [1.54, 1.807) is 19.1 Å². The number of carbonyl (C=O) groups is 1. The number of nitriles is 1. The average Bonchev–Trinajstić information content (AvgIpc) is 3.49. The maximum atomic E-state index is 14.8. The highest BCUT2D eigenvalue weighted by atomic mass is 32.2. The fraction of sp³-hybridized carbons (Fsp3) is 0.318. The van der Waals surface area contributed by atoms with Gasteiger partial charge in [0.2, 0.25) is 5.88 Å². The number of amidine groups is 1. The van der Waals surface area contributed by atoms with E-state index in [1.165, 1.54) is 30.2 Å². The van der Waals surface area contributed by atoms with E-state index in [4.69, 9.17) is 16.9 Å². The monoisotopic (exact) mass is 435 g/mol. The first-order valence-corrected chi connectivity index (χ1v) is 10.3. The van der Waals surface area contributed by atoms with Gasteiger partial charge < -0.3 is 10.5 Å². The standard InChI is InChI=1S/C22H18FN5O2S/c1-3-6-30-19-11-26-16(10-27-19)17(29)8-13-4-5-15(23)14(7-13)21(2)18-9-22(18,12-24)31-20(25)28-21/h1,4-5,7,10-11,18H,6,8-9H2,2H3,(H2,25,28)/t18-,21+,22+/m0/s1. The van der Waals surface area contributed by atoms with E-state index in [0.717, 1.165) is 0 Å². The minimum atomic E-state index is -0.968. The van der Waals surface area contributed by atoms with Crippen LogP contribution in [-0.2, 0) is 12.0 Å². The molecule has 0 unspecified atom stereocenters. The van der Waals surface area contributed by atoms with Crippen LogP contribution in [0.2, 0.25) is 0 Å². The molecule has 2 aliphatic rings. The van der Waals surface area contributed by atoms with Crippen molar-refractivity contribution < 1.29 is 13.9 Å². The number of ketones is 1. The summed E-state index contributed by atoms with van der Waals surface area (Å²) in [6, 6.07) is 6.79. The second kappa shape index (κ2) is 7.68. The van der Waals surface area contributed by atoms with Gasteiger partial charge in [0.15, 0.2) is 17.6 Å². The van der Waals surface area contributed by atoms with Crippen LogP contribution in [0.5, 0.6) is 5.88 Å². The number of benzene rings is 1. The van der Waals surface area contributed by atoms with E-state index < -0.39 is 16.1 Å². The number of Topliss-reactive ketones (excluding diaryl/α,β-unsaturated/α-hetero) is 1. The van der Waals surface area contributed by atoms with Gasteiger partial charge in [0, 0.05) is 17.9 Å². The van der Waals surface area contributed by atoms with E-state index in [0.29, 0.717) is 17.5 Å². The molecule has 1 aliphatic carbocycles. The maximum absolute atomic E-state index is 14.8. The van der Waals surface area contributed by atoms with Gasteiger partial charge in [-0.2, -0.15) is 5.26 Å². The predicted octanol–water partition coefficient (Wildman–Crippen LogP) is 2.61. The molecule has 0 radical (unpaired) electrons. The number of halogens is 1. The van der Waals surface area contributed by atoms with Gasteiger partial charge >= 0.3 is 0 Å². The van der Waals surface area contributed by atoms with Crippen molar-refractivity contribution in [3.63, 3.8) is 0 Å². The number of aromatic nitrogens is 2. The molecule has 1 aliphatic heterocycles. The van der Waals surface area contributed by atoms with Crippen molar-refractivity contribution in [2.75, 3.05) is 6.61 Å². The number of thioether (sulfide) groups is 1. The van der Waals surface area contributed by atoms with Gasteiger partial charge in [-0.3, -0.25) is 9.79 Å². The second-order valence-corrected chi connectivity index (χ2v) is 8.96. The third-order valence-electron chi connectivity index (χ3n) is 5.57. The van der Waals surface area contributed by atoms with Crippen LogP contribution in [0.1, 0.15) is 35.0 Å². The maximum Gasteiger partial charge on any atom is 0.233 e. The fourth-order valence-corrected chi connectivity index (χ4v) is 5.19. The number of hydrogen-bond donors (Lipinski definition) is 1. The number of rotatable bonds is 6. The minimum absolute atomic E-state index is 0.00457. The Bertz CT molecular complexity index is 1170. The SMILES string of the molecule is C#CCOc1cnc(C(=O)Cc2ccc(F)c([C@@]3(C)N=C(N)S[C@@]4(C#N)C[C@H]43)c2)cn1. The topological polar surface area (TPSA) is 114 Å². The number of aliphatic imine (C=N–C) groups is 1. The molecular formula is C22H18FN5O2S. The molecule has 1 aromatic carbocycles. The molecule has 0 amide bonds. The lowest BCUT2D eigenvalue weighted by atomic mass is 9.84. The Morgan fingerprint density at radius 2 is 2.26 bits per heavy atom. The first kappa shape index (κ1) is 20.8. The zero-order chi connectivity index (χ0) is 22.2. The van der Waals surface area contributed by atoms with E-state index >= 15 is 0 Å². The first-order valence-electron chi connectivity index (χ1n) is 9.47. The van der Waals surface area contributed by atoms with Crippen LogP contribution >= 0.6 is 11.8 Å². The molecule has 1 fully saturated rings. The molecule has 3 atom stereocenters. The molecule has 31 heavy (non-hydrogen) atoms. The van der Waals surface area contributed by atoms with E-state index in [2.05, 4.69) is 27.0 Å². The van der Waals surface area contributed by atoms with E-state index in [1.807, 2.05) is 0 Å². The highest BCUT2D eigenvalue weighted by Gasteiger charge is 2.67. The molecular weight excluding hydrogens is 417 g/mol. The van der Waals surface area contributed by atoms with Gasteiger partial charge in [0.1, 0.15) is 16.3 Å². The molecule has 1 aromatic heterocycles. The van der Waals surface area contributed by atoms with Crippen LogP contribution in [0.15, 0.2) is 35.6 Å². The molecule has 9 heteroatoms. The van der Waals surface area contributed by atoms with Gasteiger partial charge in [-0.05, 0) is 31.0 Å². The van der Waals surface area contributed by atoms with Crippen molar-refractivity contribution in [3.05, 3.63) is 53.2 Å². The van der Waals surface area contributed by atoms with Crippen LogP contribution in [0.4, 0.5) is 4.39 Å². The van der Waals surface area contributed by atoms with E-state index in [9.17, 15) is 14.4 Å². The highest BCUT2D eigenvalue weighted by Crippen LogP contribution is 2.65. The average molecular weight is 435 g/mol. The van der Waals surface area contributed by atoms with Crippen LogP contribution in [0, 0.1) is 35.4 Å². The number of terminal acetylenes is 1. The molecule has 1 saturated carbocycles. The van der Waals surface area contributed by atoms with Crippen molar-refractivity contribution in [1.82, 2.24) is 9.97 Å². The lowest BCUT2D eigenvalue weighted by Gasteiger charge is -2.32. The summed E-state index contributed by atoms with van der Waals surface area (Å²) in [5.74, 6) is 1.67. The van der Waals surface area contributed by atoms with Crippen molar-refractivity contribution in [2.24, 2.45) is 16.6 Å². The third kappa shape index (κ3) is 3.73. The Kier molecular flexibility index (Phi) is 5.16. The van der Waals surface area contributed by atoms with Crippen molar-refractivity contribution in [3.8, 4) is 24.3 Å². The number of ether oxygens (including phenoxy) is 1. The molecule has 2 N–H and O–H groups in total. The smallest absolute Gasteiger partial charge is 0.233 e. The summed E-state index contributed by atoms with van der Waals surface area (Å²) in [7, 11) is 0. The normalized spacial score (nSPS) is 26.1. The van der Waals surface area contributed by atoms with Crippen molar-refractivity contribution in [1.29, 1.82) is 5.26 Å². The molecule has 2 heterocycles. The molecule has 2 aromatic rings. The molecule has 7 nitrogen and oxygen atoms in total. The van der Waals surface area contributed by atoms with Crippen LogP contribution < -0.4 is 10.5 Å². The van der Waals surface area contributed by atoms with Crippen molar-refractivity contribution in [2.45, 2.75) is 30.1 Å². The number of nitrogens with two attached hydrogens (primary N) is 1. The van der Waals surface area contributed by atoms with Crippen LogP contribution in [0.3, 0.4) is 0 Å². The lowest BCUT2D eigenvalue weighted by Crippen LogP contribution is -2.35. The zero-order valence-electron chi connectivity index (χ0n) is 16.6. The number of fused-ring (bicyclic) bond motifs is 1. The molecule has 4 rings (SSSR count). The Labute approximate surface area is 182 Å². The lowest BCUT2D eigenvalue weighted by molar-refractivity contribution is 0.0987. The minimum Gasteiger partial charge on any atom is -0.463 e. The number of hydrogen-bond acceptors (Lipinski definition) is 8. The van der Waals surface area contributed by atoms with Crippen LogP contribution in [-0.4, -0.2) is 32.3 Å². The summed E-state index contributed by atoms with van der Waals surface area (Å²) in [5, 5.41) is 9.84. The third-order valence-corrected chi connectivity index (χ3v) is 6.77. The molecule has 0 spiro atoms. The molecule has 0 saturated heterocycles. The zero-order valence-corrected chi connectivity index (χ0v) is 17.4. The van der Waals surface area contributed by atoms with Crippen molar-refractivity contribution >= 4 is 22.7 Å². The van der Waals surface area contributed by atoms with Gasteiger partial charge in [-0.25, -0.2) is 14.4 Å². The Morgan fingerprint density at radius 3 is 2.94 bits per heavy atom. The van der Waals surface area contributed by atoms with E-state index in [-0.39, 0.29) is 41.5 Å². The molecule has 0 bridgehead atoms. The summed E-state index contributed by atoms with van der Waals surface area (Å²) in [4.78, 5) is 25.2. The Morgan fingerprint density at radius 1 is 1.45 bits per heavy atom. The fourth-order valence-electron chi connectivity index (χ4n) is 3.92. The van der Waals surface area contributed by atoms with Gasteiger partial charge in [0.05, 0.1) is 24.0 Å². The van der Waals surface area contributed by atoms with Crippen LogP contribution in [0.25, 0.3) is 0 Å². The summed E-state index contributed by atoms with van der Waals surface area (Å²) in [5.41, 5.74) is 6.08. The highest BCUT2D eigenvalue weighted by molar-refractivity contribution is 8.15.